The molecule has 23 heavy (non-hydrogen) atoms. The van der Waals surface area contributed by atoms with Gasteiger partial charge in [-0.05, 0) is 38.8 Å². The highest BCUT2D eigenvalue weighted by atomic mass is 15.3. The van der Waals surface area contributed by atoms with Crippen LogP contribution in [0.1, 0.15) is 36.2 Å². The second-order valence-electron chi connectivity index (χ2n) is 6.93. The minimum Gasteiger partial charge on any atom is -0.309 e. The maximum atomic E-state index is 4.73. The third-order valence-corrected chi connectivity index (χ3v) is 5.22. The predicted molar refractivity (Wildman–Crippen MR) is 90.7 cm³/mol. The van der Waals surface area contributed by atoms with Gasteiger partial charge in [-0.25, -0.2) is 9.67 Å². The Balaban J connectivity index is 1.56. The molecule has 5 heteroatoms. The highest BCUT2D eigenvalue weighted by Gasteiger charge is 2.30. The minimum absolute atomic E-state index is 0.675. The molecule has 4 rings (SSSR count). The molecule has 0 saturated carbocycles. The zero-order valence-electron chi connectivity index (χ0n) is 14.0. The number of pyridine rings is 1. The first kappa shape index (κ1) is 14.8. The Morgan fingerprint density at radius 2 is 1.96 bits per heavy atom. The number of fused-ring (bicyclic) bond motifs is 2. The molecule has 2 aromatic rings. The predicted octanol–water partition coefficient (Wildman–Crippen LogP) is 2.21. The van der Waals surface area contributed by atoms with Crippen LogP contribution in [0.15, 0.2) is 24.4 Å². The van der Waals surface area contributed by atoms with Crippen LogP contribution >= 0.6 is 0 Å². The van der Waals surface area contributed by atoms with Gasteiger partial charge in [0.05, 0.1) is 5.69 Å². The van der Waals surface area contributed by atoms with Gasteiger partial charge in [-0.1, -0.05) is 12.5 Å². The number of nitrogens with zero attached hydrogens (tertiary/aromatic N) is 4. The van der Waals surface area contributed by atoms with E-state index in [9.17, 15) is 0 Å². The third kappa shape index (κ3) is 2.91. The summed E-state index contributed by atoms with van der Waals surface area (Å²) in [7, 11) is 0. The number of piperidine rings is 1. The molecule has 2 unspecified atom stereocenters. The second-order valence-corrected chi connectivity index (χ2v) is 6.93. The number of rotatable bonds is 3. The zero-order chi connectivity index (χ0) is 15.8. The number of likely N-dealkylation sites (tertiary alicyclic amines) is 1. The maximum absolute atomic E-state index is 4.73. The molecule has 2 aliphatic rings. The fourth-order valence-corrected chi connectivity index (χ4v) is 4.06. The van der Waals surface area contributed by atoms with Crippen LogP contribution in [0.5, 0.6) is 0 Å². The van der Waals surface area contributed by atoms with E-state index in [-0.39, 0.29) is 0 Å². The fraction of sp³-hybridized carbons (Fsp3) is 0.556. The van der Waals surface area contributed by atoms with Crippen molar-refractivity contribution in [2.75, 3.05) is 13.1 Å². The van der Waals surface area contributed by atoms with Gasteiger partial charge in [0.15, 0.2) is 5.82 Å². The minimum atomic E-state index is 0.675. The van der Waals surface area contributed by atoms with E-state index in [0.29, 0.717) is 12.1 Å². The lowest BCUT2D eigenvalue weighted by molar-refractivity contribution is 0.119. The van der Waals surface area contributed by atoms with Crippen molar-refractivity contribution < 1.29 is 0 Å². The van der Waals surface area contributed by atoms with Crippen molar-refractivity contribution >= 4 is 0 Å². The number of aromatic nitrogens is 3. The quantitative estimate of drug-likeness (QED) is 0.944. The Morgan fingerprint density at radius 1 is 1.17 bits per heavy atom. The Bertz CT molecular complexity index is 666. The van der Waals surface area contributed by atoms with Gasteiger partial charge in [0.1, 0.15) is 0 Å². The van der Waals surface area contributed by atoms with E-state index in [2.05, 4.69) is 29.0 Å². The standard InChI is InChI=1S/C18H25N5/c1-13-17(12-22-10-15-6-5-7-16(11-22)20-15)14(2)23(21-13)18-8-3-4-9-19-18/h3-4,8-9,15-16,20H,5-7,10-12H2,1-2H3. The highest BCUT2D eigenvalue weighted by molar-refractivity contribution is 5.32. The summed E-state index contributed by atoms with van der Waals surface area (Å²) in [5.41, 5.74) is 3.69. The van der Waals surface area contributed by atoms with Crippen molar-refractivity contribution in [3.05, 3.63) is 41.3 Å². The molecule has 2 aliphatic heterocycles. The zero-order valence-corrected chi connectivity index (χ0v) is 14.0. The van der Waals surface area contributed by atoms with Gasteiger partial charge in [-0.15, -0.1) is 0 Å². The van der Waals surface area contributed by atoms with Crippen LogP contribution in [0.4, 0.5) is 0 Å². The topological polar surface area (TPSA) is 46.0 Å². The van der Waals surface area contributed by atoms with Crippen LogP contribution in [0.25, 0.3) is 5.82 Å². The van der Waals surface area contributed by atoms with E-state index in [0.717, 1.165) is 31.1 Å². The molecule has 2 fully saturated rings. The lowest BCUT2D eigenvalue weighted by Gasteiger charge is -2.42. The van der Waals surface area contributed by atoms with Crippen LogP contribution in [0.2, 0.25) is 0 Å². The summed E-state index contributed by atoms with van der Waals surface area (Å²) in [5.74, 6) is 0.900. The summed E-state index contributed by atoms with van der Waals surface area (Å²) in [6, 6.07) is 7.31. The molecule has 0 amide bonds. The molecule has 2 saturated heterocycles. The molecule has 0 spiro atoms. The van der Waals surface area contributed by atoms with Gasteiger partial charge in [0, 0.05) is 49.2 Å². The molecular weight excluding hydrogens is 286 g/mol. The fourth-order valence-electron chi connectivity index (χ4n) is 4.06. The number of hydrogen-bond donors (Lipinski definition) is 1. The molecule has 2 atom stereocenters. The van der Waals surface area contributed by atoms with Crippen LogP contribution < -0.4 is 5.32 Å². The lowest BCUT2D eigenvalue weighted by atomic mass is 9.94. The smallest absolute Gasteiger partial charge is 0.153 e. The average molecular weight is 311 g/mol. The van der Waals surface area contributed by atoms with Gasteiger partial charge < -0.3 is 5.32 Å². The Hall–Kier alpha value is -1.72. The van der Waals surface area contributed by atoms with Gasteiger partial charge in [0.2, 0.25) is 0 Å². The highest BCUT2D eigenvalue weighted by Crippen LogP contribution is 2.23. The Labute approximate surface area is 137 Å². The van der Waals surface area contributed by atoms with E-state index in [1.165, 1.54) is 30.5 Å². The molecular formula is C18H25N5. The molecule has 0 aliphatic carbocycles. The Kier molecular flexibility index (Phi) is 3.91. The average Bonchev–Trinajstić information content (AvgIpc) is 2.84. The molecule has 0 aromatic carbocycles. The van der Waals surface area contributed by atoms with Crippen molar-refractivity contribution in [3.8, 4) is 5.82 Å². The van der Waals surface area contributed by atoms with Gasteiger partial charge in [0.25, 0.3) is 0 Å². The van der Waals surface area contributed by atoms with E-state index in [4.69, 9.17) is 5.10 Å². The molecule has 122 valence electrons. The van der Waals surface area contributed by atoms with Gasteiger partial charge in [-0.2, -0.15) is 5.10 Å². The van der Waals surface area contributed by atoms with Crippen LogP contribution in [0.3, 0.4) is 0 Å². The molecule has 1 N–H and O–H groups in total. The first-order valence-electron chi connectivity index (χ1n) is 8.65. The van der Waals surface area contributed by atoms with Crippen LogP contribution in [-0.2, 0) is 6.54 Å². The van der Waals surface area contributed by atoms with Crippen LogP contribution in [-0.4, -0.2) is 44.8 Å². The van der Waals surface area contributed by atoms with Gasteiger partial charge in [-0.3, -0.25) is 4.90 Å². The summed E-state index contributed by atoms with van der Waals surface area (Å²) in [6.45, 7) is 7.59. The SMILES string of the molecule is Cc1nn(-c2ccccn2)c(C)c1CN1CC2CCCC(C1)N2. The summed E-state index contributed by atoms with van der Waals surface area (Å²) < 4.78 is 1.98. The summed E-state index contributed by atoms with van der Waals surface area (Å²) >= 11 is 0. The van der Waals surface area contributed by atoms with E-state index in [1.807, 2.05) is 29.1 Å². The van der Waals surface area contributed by atoms with Crippen molar-refractivity contribution in [3.63, 3.8) is 0 Å². The van der Waals surface area contributed by atoms with Gasteiger partial charge >= 0.3 is 0 Å². The van der Waals surface area contributed by atoms with Crippen LogP contribution in [0, 0.1) is 13.8 Å². The normalized spacial score (nSPS) is 24.8. The Morgan fingerprint density at radius 3 is 2.65 bits per heavy atom. The number of aryl methyl sites for hydroxylation is 1. The van der Waals surface area contributed by atoms with Crippen molar-refractivity contribution in [2.45, 2.75) is 51.7 Å². The first-order valence-corrected chi connectivity index (χ1v) is 8.65. The molecule has 4 heterocycles. The summed E-state index contributed by atoms with van der Waals surface area (Å²) in [5, 5.41) is 8.49. The van der Waals surface area contributed by atoms with E-state index in [1.54, 1.807) is 0 Å². The first-order chi connectivity index (χ1) is 11.2. The lowest BCUT2D eigenvalue weighted by Crippen LogP contribution is -2.58. The maximum Gasteiger partial charge on any atom is 0.153 e. The van der Waals surface area contributed by atoms with E-state index < -0.39 is 0 Å². The monoisotopic (exact) mass is 311 g/mol. The third-order valence-electron chi connectivity index (χ3n) is 5.22. The number of piperazine rings is 1. The van der Waals surface area contributed by atoms with Crippen molar-refractivity contribution in [1.29, 1.82) is 0 Å². The van der Waals surface area contributed by atoms with E-state index >= 15 is 0 Å². The largest absolute Gasteiger partial charge is 0.309 e. The summed E-state index contributed by atoms with van der Waals surface area (Å²) in [6.07, 6.45) is 5.84. The molecule has 5 nitrogen and oxygen atoms in total. The second kappa shape index (κ2) is 6.06. The molecule has 2 aromatic heterocycles. The summed E-state index contributed by atoms with van der Waals surface area (Å²) in [4.78, 5) is 7.04. The molecule has 2 bridgehead atoms. The number of hydrogen-bond acceptors (Lipinski definition) is 4. The number of nitrogens with one attached hydrogen (secondary N) is 1. The van der Waals surface area contributed by atoms with Crippen molar-refractivity contribution in [2.24, 2.45) is 0 Å². The molecule has 0 radical (unpaired) electrons. The van der Waals surface area contributed by atoms with Crippen molar-refractivity contribution in [1.82, 2.24) is 25.0 Å².